The number of carbonyl (C=O) groups is 1. The number of thiazole rings is 1. The van der Waals surface area contributed by atoms with Gasteiger partial charge in [0.1, 0.15) is 16.5 Å². The summed E-state index contributed by atoms with van der Waals surface area (Å²) in [6.07, 6.45) is 1.45. The second kappa shape index (κ2) is 9.84. The zero-order valence-electron chi connectivity index (χ0n) is 19.6. The van der Waals surface area contributed by atoms with Gasteiger partial charge in [-0.25, -0.2) is 14.8 Å². The molecule has 0 bridgehead atoms. The maximum atomic E-state index is 13.5. The second-order valence-electron chi connectivity index (χ2n) is 9.31. The molecule has 0 N–H and O–H groups in total. The number of hydrogen-bond acceptors (Lipinski definition) is 7. The lowest BCUT2D eigenvalue weighted by molar-refractivity contribution is 0.0101. The Morgan fingerprint density at radius 1 is 1.06 bits per heavy atom. The van der Waals surface area contributed by atoms with E-state index in [-0.39, 0.29) is 24.3 Å². The minimum Gasteiger partial charge on any atom is -0.446 e. The first-order valence-corrected chi connectivity index (χ1v) is 12.7. The van der Waals surface area contributed by atoms with Crippen LogP contribution in [-0.4, -0.2) is 70.2 Å². The number of ether oxygens (including phenoxy) is 1. The molecule has 2 aliphatic rings. The van der Waals surface area contributed by atoms with Crippen molar-refractivity contribution in [3.63, 3.8) is 0 Å². The van der Waals surface area contributed by atoms with Gasteiger partial charge in [0.2, 0.25) is 5.95 Å². The van der Waals surface area contributed by atoms with E-state index in [4.69, 9.17) is 4.74 Å². The van der Waals surface area contributed by atoms with Crippen LogP contribution in [0, 0.1) is 5.95 Å². The molecule has 0 aliphatic carbocycles. The smallest absolute Gasteiger partial charge is 0.410 e. The van der Waals surface area contributed by atoms with Crippen LogP contribution in [0.5, 0.6) is 0 Å². The third-order valence-electron chi connectivity index (χ3n) is 6.66. The van der Waals surface area contributed by atoms with Crippen LogP contribution in [0.25, 0.3) is 10.3 Å². The first-order chi connectivity index (χ1) is 16.5. The number of likely N-dealkylation sites (tertiary alicyclic amines) is 1. The number of aromatic nitrogens is 2. The van der Waals surface area contributed by atoms with Crippen LogP contribution >= 0.6 is 11.3 Å². The number of piperazine rings is 1. The third kappa shape index (κ3) is 5.00. The number of benzene rings is 1. The number of piperidine rings is 1. The molecule has 5 rings (SSSR count). The van der Waals surface area contributed by atoms with E-state index in [1.165, 1.54) is 23.0 Å². The summed E-state index contributed by atoms with van der Waals surface area (Å²) in [7, 11) is 0. The van der Waals surface area contributed by atoms with E-state index < -0.39 is 5.95 Å². The van der Waals surface area contributed by atoms with Gasteiger partial charge in [0.05, 0.1) is 12.1 Å². The summed E-state index contributed by atoms with van der Waals surface area (Å²) in [5.74, 6) is -0.497. The Hall–Kier alpha value is -2.78. The van der Waals surface area contributed by atoms with Gasteiger partial charge in [-0.2, -0.15) is 4.39 Å². The average Bonchev–Trinajstić information content (AvgIpc) is 3.24. The van der Waals surface area contributed by atoms with Crippen molar-refractivity contribution in [2.24, 2.45) is 0 Å². The Morgan fingerprint density at radius 2 is 1.76 bits per heavy atom. The quantitative estimate of drug-likeness (QED) is 0.508. The van der Waals surface area contributed by atoms with E-state index in [0.29, 0.717) is 23.4 Å². The van der Waals surface area contributed by atoms with Crippen LogP contribution < -0.4 is 4.90 Å². The summed E-state index contributed by atoms with van der Waals surface area (Å²) < 4.78 is 19.4. The molecule has 2 aliphatic heterocycles. The minimum atomic E-state index is -0.497. The average molecular weight is 484 g/mol. The van der Waals surface area contributed by atoms with Crippen LogP contribution in [0.15, 0.2) is 42.5 Å². The van der Waals surface area contributed by atoms with E-state index >= 15 is 0 Å². The van der Waals surface area contributed by atoms with Crippen LogP contribution in [0.2, 0.25) is 0 Å². The van der Waals surface area contributed by atoms with Gasteiger partial charge in [0, 0.05) is 32.7 Å². The van der Waals surface area contributed by atoms with Crippen molar-refractivity contribution in [2.45, 2.75) is 51.4 Å². The van der Waals surface area contributed by atoms with Gasteiger partial charge in [-0.3, -0.25) is 9.80 Å². The monoisotopic (exact) mass is 483 g/mol. The fraction of sp³-hybridized carbons (Fsp3) is 0.480. The fourth-order valence-corrected chi connectivity index (χ4v) is 5.93. The highest BCUT2D eigenvalue weighted by Crippen LogP contribution is 2.31. The molecule has 2 aromatic heterocycles. The number of halogens is 1. The molecule has 2 atom stereocenters. The molecule has 34 heavy (non-hydrogen) atoms. The molecule has 180 valence electrons. The number of amides is 1. The first kappa shape index (κ1) is 23.0. The highest BCUT2D eigenvalue weighted by Gasteiger charge is 2.36. The Balaban J connectivity index is 1.15. The molecular weight excluding hydrogens is 453 g/mol. The Labute approximate surface area is 203 Å². The summed E-state index contributed by atoms with van der Waals surface area (Å²) in [6, 6.07) is 13.4. The molecule has 1 aromatic carbocycles. The normalized spacial score (nSPS) is 22.3. The van der Waals surface area contributed by atoms with Gasteiger partial charge < -0.3 is 9.64 Å². The second-order valence-corrected chi connectivity index (χ2v) is 10.3. The Kier molecular flexibility index (Phi) is 6.65. The molecule has 0 radical (unpaired) electrons. The molecule has 0 unspecified atom stereocenters. The van der Waals surface area contributed by atoms with Crippen molar-refractivity contribution < 1.29 is 13.9 Å². The van der Waals surface area contributed by atoms with Crippen molar-refractivity contribution in [3.8, 4) is 0 Å². The third-order valence-corrected chi connectivity index (χ3v) is 7.69. The standard InChI is InChI=1S/C25H30FN5O2S/c1-17-14-30(24-27-21-8-9-22(26)28-23(21)34-24)15-18(2)31(17)25(32)33-20-10-12-29(13-11-20)16-19-6-4-3-5-7-19/h3-9,17-18,20H,10-16H2,1-2H3/t17-,18+. The topological polar surface area (TPSA) is 61.8 Å². The Morgan fingerprint density at radius 3 is 2.47 bits per heavy atom. The van der Waals surface area contributed by atoms with Gasteiger partial charge in [-0.15, -0.1) is 0 Å². The summed E-state index contributed by atoms with van der Waals surface area (Å²) in [5, 5.41) is 0.811. The predicted molar refractivity (Wildman–Crippen MR) is 132 cm³/mol. The lowest BCUT2D eigenvalue weighted by Crippen LogP contribution is -2.59. The van der Waals surface area contributed by atoms with E-state index in [1.54, 1.807) is 6.07 Å². The summed E-state index contributed by atoms with van der Waals surface area (Å²) >= 11 is 1.39. The lowest BCUT2D eigenvalue weighted by Gasteiger charge is -2.44. The fourth-order valence-electron chi connectivity index (χ4n) is 4.99. The van der Waals surface area contributed by atoms with Gasteiger partial charge in [-0.05, 0) is 44.4 Å². The molecule has 0 spiro atoms. The molecule has 9 heteroatoms. The van der Waals surface area contributed by atoms with Crippen molar-refractivity contribution in [2.75, 3.05) is 31.1 Å². The zero-order chi connectivity index (χ0) is 23.7. The molecule has 2 fully saturated rings. The number of rotatable bonds is 4. The van der Waals surface area contributed by atoms with Crippen LogP contribution in [0.1, 0.15) is 32.3 Å². The van der Waals surface area contributed by atoms with Crippen molar-refractivity contribution in [3.05, 3.63) is 54.0 Å². The maximum Gasteiger partial charge on any atom is 0.410 e. The van der Waals surface area contributed by atoms with Gasteiger partial charge >= 0.3 is 6.09 Å². The molecule has 0 saturated carbocycles. The minimum absolute atomic E-state index is 0.0221. The lowest BCUT2D eigenvalue weighted by atomic mass is 10.1. The van der Waals surface area contributed by atoms with Crippen LogP contribution in [0.4, 0.5) is 14.3 Å². The highest BCUT2D eigenvalue weighted by atomic mass is 32.1. The number of nitrogens with zero attached hydrogens (tertiary/aromatic N) is 5. The number of fused-ring (bicyclic) bond motifs is 1. The first-order valence-electron chi connectivity index (χ1n) is 11.9. The van der Waals surface area contributed by atoms with Crippen molar-refractivity contribution in [1.29, 1.82) is 0 Å². The maximum absolute atomic E-state index is 13.5. The molecule has 7 nitrogen and oxygen atoms in total. The number of hydrogen-bond donors (Lipinski definition) is 0. The molecule has 3 aromatic rings. The largest absolute Gasteiger partial charge is 0.446 e. The molecule has 1 amide bonds. The van der Waals surface area contributed by atoms with E-state index in [2.05, 4.69) is 44.0 Å². The Bertz CT molecular complexity index is 1120. The predicted octanol–water partition coefficient (Wildman–Crippen LogP) is 4.53. The number of pyridine rings is 1. The zero-order valence-corrected chi connectivity index (χ0v) is 20.4. The van der Waals surface area contributed by atoms with E-state index in [9.17, 15) is 9.18 Å². The van der Waals surface area contributed by atoms with Gasteiger partial charge in [0.25, 0.3) is 0 Å². The SMILES string of the molecule is C[C@@H]1CN(c2nc3ccc(F)nc3s2)C[C@H](C)N1C(=O)OC1CCN(Cc2ccccc2)CC1. The molecule has 2 saturated heterocycles. The van der Waals surface area contributed by atoms with E-state index in [0.717, 1.165) is 37.6 Å². The van der Waals surface area contributed by atoms with Gasteiger partial charge in [-0.1, -0.05) is 41.7 Å². The summed E-state index contributed by atoms with van der Waals surface area (Å²) in [4.78, 5) is 28.7. The van der Waals surface area contributed by atoms with Crippen LogP contribution in [0.3, 0.4) is 0 Å². The highest BCUT2D eigenvalue weighted by molar-refractivity contribution is 7.21. The number of carbonyl (C=O) groups excluding carboxylic acids is 1. The summed E-state index contributed by atoms with van der Waals surface area (Å²) in [5.41, 5.74) is 2.01. The molecular formula is C25H30FN5O2S. The number of anilines is 1. The molecule has 4 heterocycles. The van der Waals surface area contributed by atoms with Crippen molar-refractivity contribution >= 4 is 32.9 Å². The summed E-state index contributed by atoms with van der Waals surface area (Å²) in [6.45, 7) is 8.17. The van der Waals surface area contributed by atoms with Crippen LogP contribution in [-0.2, 0) is 11.3 Å². The van der Waals surface area contributed by atoms with E-state index in [1.807, 2.05) is 24.8 Å². The van der Waals surface area contributed by atoms with Crippen molar-refractivity contribution in [1.82, 2.24) is 19.8 Å². The van der Waals surface area contributed by atoms with Gasteiger partial charge in [0.15, 0.2) is 5.13 Å².